The number of thioether (sulfide) groups is 1. The van der Waals surface area contributed by atoms with Crippen LogP contribution < -0.4 is 15.4 Å². The summed E-state index contributed by atoms with van der Waals surface area (Å²) >= 11 is 1.41. The number of nitrogens with one attached hydrogen (secondary N) is 2. The molecule has 1 aromatic heterocycles. The number of anilines is 1. The molecule has 0 aliphatic heterocycles. The molecule has 0 atom stereocenters. The molecule has 6 nitrogen and oxygen atoms in total. The minimum absolute atomic E-state index is 0.188. The van der Waals surface area contributed by atoms with Crippen molar-refractivity contribution in [2.45, 2.75) is 11.4 Å². The van der Waals surface area contributed by atoms with Crippen LogP contribution in [0.15, 0.2) is 76.2 Å². The van der Waals surface area contributed by atoms with Crippen molar-refractivity contribution < 1.29 is 18.7 Å². The van der Waals surface area contributed by atoms with Crippen molar-refractivity contribution >= 4 is 29.3 Å². The summed E-state index contributed by atoms with van der Waals surface area (Å²) in [5.74, 6) is 1.19. The highest BCUT2D eigenvalue weighted by molar-refractivity contribution is 8.00. The quantitative estimate of drug-likeness (QED) is 0.564. The van der Waals surface area contributed by atoms with Crippen molar-refractivity contribution in [3.63, 3.8) is 0 Å². The molecule has 28 heavy (non-hydrogen) atoms. The molecule has 3 rings (SSSR count). The molecular formula is C21H20N2O4S. The molecule has 2 amide bonds. The smallest absolute Gasteiger partial charge is 0.253 e. The number of amides is 2. The number of para-hydroxylation sites is 1. The molecule has 144 valence electrons. The molecule has 7 heteroatoms. The van der Waals surface area contributed by atoms with Gasteiger partial charge in [-0.25, -0.2) is 0 Å². The zero-order valence-corrected chi connectivity index (χ0v) is 16.1. The fourth-order valence-corrected chi connectivity index (χ4v) is 3.17. The first-order valence-corrected chi connectivity index (χ1v) is 9.60. The zero-order valence-electron chi connectivity index (χ0n) is 15.3. The number of benzene rings is 2. The van der Waals surface area contributed by atoms with Crippen LogP contribution in [-0.2, 0) is 11.3 Å². The maximum absolute atomic E-state index is 12.5. The second kappa shape index (κ2) is 9.66. The van der Waals surface area contributed by atoms with Gasteiger partial charge in [0.2, 0.25) is 5.91 Å². The number of methoxy groups -OCH3 is 1. The van der Waals surface area contributed by atoms with E-state index in [1.54, 1.807) is 49.8 Å². The average molecular weight is 396 g/mol. The van der Waals surface area contributed by atoms with Crippen LogP contribution >= 0.6 is 11.8 Å². The van der Waals surface area contributed by atoms with Crippen molar-refractivity contribution in [2.75, 3.05) is 18.2 Å². The minimum atomic E-state index is -0.282. The van der Waals surface area contributed by atoms with Crippen LogP contribution in [0.25, 0.3) is 0 Å². The van der Waals surface area contributed by atoms with Gasteiger partial charge in [-0.2, -0.15) is 0 Å². The molecule has 0 aliphatic rings. The summed E-state index contributed by atoms with van der Waals surface area (Å²) in [6, 6.07) is 17.9. The summed E-state index contributed by atoms with van der Waals surface area (Å²) in [6.45, 7) is 0.279. The third-order valence-corrected chi connectivity index (χ3v) is 4.89. The van der Waals surface area contributed by atoms with E-state index in [1.165, 1.54) is 11.8 Å². The Labute approximate surface area is 167 Å². The summed E-state index contributed by atoms with van der Waals surface area (Å²) < 4.78 is 10.3. The van der Waals surface area contributed by atoms with Crippen LogP contribution in [0.4, 0.5) is 5.69 Å². The Morgan fingerprint density at radius 2 is 1.82 bits per heavy atom. The lowest BCUT2D eigenvalue weighted by molar-refractivity contribution is -0.113. The van der Waals surface area contributed by atoms with E-state index in [4.69, 9.17) is 9.15 Å². The zero-order chi connectivity index (χ0) is 19.8. The van der Waals surface area contributed by atoms with Gasteiger partial charge in [-0.1, -0.05) is 12.1 Å². The fraction of sp³-hybridized carbons (Fsp3) is 0.143. The third kappa shape index (κ3) is 5.40. The second-order valence-corrected chi connectivity index (χ2v) is 6.87. The largest absolute Gasteiger partial charge is 0.497 e. The first-order valence-electron chi connectivity index (χ1n) is 8.62. The Balaban J connectivity index is 1.57. The first-order chi connectivity index (χ1) is 13.7. The van der Waals surface area contributed by atoms with E-state index in [0.29, 0.717) is 17.0 Å². The highest BCUT2D eigenvalue weighted by Gasteiger charge is 2.13. The molecule has 1 heterocycles. The van der Waals surface area contributed by atoms with Gasteiger partial charge in [0.05, 0.1) is 36.9 Å². The molecule has 3 aromatic rings. The Bertz CT molecular complexity index is 924. The van der Waals surface area contributed by atoms with Crippen molar-refractivity contribution in [3.05, 3.63) is 78.3 Å². The van der Waals surface area contributed by atoms with E-state index in [2.05, 4.69) is 10.6 Å². The average Bonchev–Trinajstić information content (AvgIpc) is 3.25. The van der Waals surface area contributed by atoms with Gasteiger partial charge >= 0.3 is 0 Å². The monoisotopic (exact) mass is 396 g/mol. The van der Waals surface area contributed by atoms with Gasteiger partial charge in [0.15, 0.2) is 0 Å². The summed E-state index contributed by atoms with van der Waals surface area (Å²) in [6.07, 6.45) is 1.55. The molecule has 0 saturated heterocycles. The molecule has 0 fully saturated rings. The van der Waals surface area contributed by atoms with Crippen LogP contribution in [-0.4, -0.2) is 24.7 Å². The summed E-state index contributed by atoms with van der Waals surface area (Å²) in [5.41, 5.74) is 0.872. The van der Waals surface area contributed by atoms with Crippen molar-refractivity contribution in [2.24, 2.45) is 0 Å². The van der Waals surface area contributed by atoms with Gasteiger partial charge in [-0.15, -0.1) is 11.8 Å². The van der Waals surface area contributed by atoms with Gasteiger partial charge in [-0.3, -0.25) is 9.59 Å². The second-order valence-electron chi connectivity index (χ2n) is 5.82. The van der Waals surface area contributed by atoms with Gasteiger partial charge < -0.3 is 19.8 Å². The highest BCUT2D eigenvalue weighted by Crippen LogP contribution is 2.22. The number of carbonyl (C=O) groups excluding carboxylic acids is 2. The lowest BCUT2D eigenvalue weighted by Crippen LogP contribution is -2.25. The lowest BCUT2D eigenvalue weighted by atomic mass is 10.1. The summed E-state index contributed by atoms with van der Waals surface area (Å²) in [7, 11) is 1.61. The van der Waals surface area contributed by atoms with Gasteiger partial charge in [0, 0.05) is 4.90 Å². The predicted molar refractivity (Wildman–Crippen MR) is 109 cm³/mol. The van der Waals surface area contributed by atoms with E-state index in [9.17, 15) is 9.59 Å². The Kier molecular flexibility index (Phi) is 6.75. The SMILES string of the molecule is COc1ccc(SCC(=O)Nc2ccccc2C(=O)NCc2ccco2)cc1. The molecule has 2 aromatic carbocycles. The fourth-order valence-electron chi connectivity index (χ4n) is 2.47. The minimum Gasteiger partial charge on any atom is -0.497 e. The Morgan fingerprint density at radius 1 is 1.04 bits per heavy atom. The molecule has 2 N–H and O–H groups in total. The summed E-state index contributed by atoms with van der Waals surface area (Å²) in [5, 5.41) is 5.59. The number of ether oxygens (including phenoxy) is 1. The third-order valence-electron chi connectivity index (χ3n) is 3.88. The van der Waals surface area contributed by atoms with E-state index in [1.807, 2.05) is 24.3 Å². The van der Waals surface area contributed by atoms with E-state index in [0.717, 1.165) is 10.6 Å². The maximum atomic E-state index is 12.5. The number of rotatable bonds is 8. The Morgan fingerprint density at radius 3 is 2.54 bits per heavy atom. The molecule has 0 saturated carbocycles. The van der Waals surface area contributed by atoms with Crippen molar-refractivity contribution in [1.29, 1.82) is 0 Å². The highest BCUT2D eigenvalue weighted by atomic mass is 32.2. The van der Waals surface area contributed by atoms with Crippen LogP contribution in [0.5, 0.6) is 5.75 Å². The van der Waals surface area contributed by atoms with Crippen molar-refractivity contribution in [3.8, 4) is 5.75 Å². The number of hydrogen-bond acceptors (Lipinski definition) is 5. The lowest BCUT2D eigenvalue weighted by Gasteiger charge is -2.11. The maximum Gasteiger partial charge on any atom is 0.253 e. The molecule has 0 unspecified atom stereocenters. The van der Waals surface area contributed by atoms with Crippen LogP contribution in [0.1, 0.15) is 16.1 Å². The van der Waals surface area contributed by atoms with Gasteiger partial charge in [-0.05, 0) is 48.5 Å². The van der Waals surface area contributed by atoms with Crippen LogP contribution in [0.2, 0.25) is 0 Å². The summed E-state index contributed by atoms with van der Waals surface area (Å²) in [4.78, 5) is 25.7. The van der Waals surface area contributed by atoms with Crippen LogP contribution in [0.3, 0.4) is 0 Å². The molecule has 0 spiro atoms. The van der Waals surface area contributed by atoms with Gasteiger partial charge in [0.1, 0.15) is 11.5 Å². The van der Waals surface area contributed by atoms with E-state index in [-0.39, 0.29) is 24.1 Å². The number of hydrogen-bond donors (Lipinski definition) is 2. The predicted octanol–water partition coefficient (Wildman–Crippen LogP) is 3.95. The topological polar surface area (TPSA) is 80.6 Å². The van der Waals surface area contributed by atoms with Crippen molar-refractivity contribution in [1.82, 2.24) is 5.32 Å². The normalized spacial score (nSPS) is 10.3. The number of carbonyl (C=O) groups is 2. The van der Waals surface area contributed by atoms with E-state index >= 15 is 0 Å². The van der Waals surface area contributed by atoms with Gasteiger partial charge in [0.25, 0.3) is 5.91 Å². The number of furan rings is 1. The standard InChI is InChI=1S/C21H20N2O4S/c1-26-15-8-10-17(11-9-15)28-14-20(24)23-19-7-3-2-6-18(19)21(25)22-13-16-5-4-12-27-16/h2-12H,13-14H2,1H3,(H,22,25)(H,23,24). The molecular weight excluding hydrogens is 376 g/mol. The first kappa shape index (κ1) is 19.6. The molecule has 0 bridgehead atoms. The van der Waals surface area contributed by atoms with E-state index < -0.39 is 0 Å². The molecule has 0 aliphatic carbocycles. The molecule has 0 radical (unpaired) electrons. The Hall–Kier alpha value is -3.19. The van der Waals surface area contributed by atoms with Crippen LogP contribution in [0, 0.1) is 0 Å².